The second-order valence-corrected chi connectivity index (χ2v) is 6.28. The molecule has 152 valence electrons. The summed E-state index contributed by atoms with van der Waals surface area (Å²) in [6.45, 7) is 4.76. The van der Waals surface area contributed by atoms with Crippen LogP contribution in [0.3, 0.4) is 0 Å². The molecule has 1 aromatic carbocycles. The summed E-state index contributed by atoms with van der Waals surface area (Å²) in [7, 11) is 0. The number of carbonyl (C=O) groups excluding carboxylic acids is 3. The molecule has 0 bridgehead atoms. The Morgan fingerprint density at radius 1 is 1.21 bits per heavy atom. The van der Waals surface area contributed by atoms with Crippen molar-refractivity contribution in [2.24, 2.45) is 0 Å². The fraction of sp³-hybridized carbons (Fsp3) is 0.450. The summed E-state index contributed by atoms with van der Waals surface area (Å²) in [6, 6.07) is 4.65. The maximum absolute atomic E-state index is 11.8. The fourth-order valence-corrected chi connectivity index (χ4v) is 2.38. The van der Waals surface area contributed by atoms with Crippen LogP contribution in [0.15, 0.2) is 24.3 Å². The summed E-state index contributed by atoms with van der Waals surface area (Å²) in [5.41, 5.74) is 0.742. The summed E-state index contributed by atoms with van der Waals surface area (Å²) in [4.78, 5) is 35.3. The summed E-state index contributed by atoms with van der Waals surface area (Å²) >= 11 is 0. The highest BCUT2D eigenvalue weighted by atomic mass is 16.5. The van der Waals surface area contributed by atoms with Crippen LogP contribution < -0.4 is 20.1 Å². The molecule has 8 heteroatoms. The molecule has 0 saturated heterocycles. The Morgan fingerprint density at radius 2 is 1.96 bits per heavy atom. The lowest BCUT2D eigenvalue weighted by atomic mass is 10.2. The maximum Gasteiger partial charge on any atom is 0.331 e. The average Bonchev–Trinajstić information content (AvgIpc) is 2.93. The lowest BCUT2D eigenvalue weighted by Gasteiger charge is -2.13. The Bertz CT molecular complexity index is 731. The first-order chi connectivity index (χ1) is 13.5. The minimum Gasteiger partial charge on any atom is -0.490 e. The van der Waals surface area contributed by atoms with E-state index in [1.54, 1.807) is 31.2 Å². The number of hydrogen-bond donors (Lipinski definition) is 2. The molecule has 0 saturated carbocycles. The minimum absolute atomic E-state index is 0.282. The SMILES string of the molecule is CCCNC(=O)[C@H](C)NC(=O)COC(=O)/C=C/c1ccc2c(c1)OCCCO2. The van der Waals surface area contributed by atoms with E-state index in [9.17, 15) is 14.4 Å². The second-order valence-electron chi connectivity index (χ2n) is 6.28. The van der Waals surface area contributed by atoms with Crippen molar-refractivity contribution in [2.75, 3.05) is 26.4 Å². The molecular weight excluding hydrogens is 364 g/mol. The first-order valence-electron chi connectivity index (χ1n) is 9.31. The highest BCUT2D eigenvalue weighted by Gasteiger charge is 2.15. The van der Waals surface area contributed by atoms with Crippen molar-refractivity contribution in [3.05, 3.63) is 29.8 Å². The van der Waals surface area contributed by atoms with Crippen LogP contribution >= 0.6 is 0 Å². The molecule has 2 rings (SSSR count). The second kappa shape index (κ2) is 11.0. The van der Waals surface area contributed by atoms with E-state index >= 15 is 0 Å². The number of hydrogen-bond acceptors (Lipinski definition) is 6. The zero-order chi connectivity index (χ0) is 20.4. The summed E-state index contributed by atoms with van der Waals surface area (Å²) < 4.78 is 16.0. The monoisotopic (exact) mass is 390 g/mol. The molecule has 0 aliphatic carbocycles. The fourth-order valence-electron chi connectivity index (χ4n) is 2.38. The number of esters is 1. The van der Waals surface area contributed by atoms with Gasteiger partial charge in [-0.1, -0.05) is 13.0 Å². The van der Waals surface area contributed by atoms with Gasteiger partial charge in [0.05, 0.1) is 13.2 Å². The predicted octanol–water partition coefficient (Wildman–Crippen LogP) is 1.44. The van der Waals surface area contributed by atoms with Gasteiger partial charge in [-0.15, -0.1) is 0 Å². The van der Waals surface area contributed by atoms with Crippen LogP contribution in [0.1, 0.15) is 32.3 Å². The third kappa shape index (κ3) is 6.94. The molecule has 1 heterocycles. The first kappa shape index (κ1) is 21.3. The van der Waals surface area contributed by atoms with Gasteiger partial charge in [-0.05, 0) is 37.1 Å². The van der Waals surface area contributed by atoms with Crippen LogP contribution in [0.2, 0.25) is 0 Å². The zero-order valence-corrected chi connectivity index (χ0v) is 16.2. The standard InChI is InChI=1S/C20H26N2O6/c1-3-9-21-20(25)14(2)22-18(23)13-28-19(24)8-6-15-5-7-16-17(12-15)27-11-4-10-26-16/h5-8,12,14H,3-4,9-11,13H2,1-2H3,(H,21,25)(H,22,23)/b8-6+/t14-/m0/s1. The van der Waals surface area contributed by atoms with E-state index in [4.69, 9.17) is 14.2 Å². The predicted molar refractivity (Wildman–Crippen MR) is 103 cm³/mol. The molecule has 0 radical (unpaired) electrons. The van der Waals surface area contributed by atoms with Crippen LogP contribution in [-0.4, -0.2) is 50.2 Å². The van der Waals surface area contributed by atoms with Gasteiger partial charge in [0.25, 0.3) is 5.91 Å². The van der Waals surface area contributed by atoms with Crippen molar-refractivity contribution in [1.82, 2.24) is 10.6 Å². The van der Waals surface area contributed by atoms with Crippen molar-refractivity contribution < 1.29 is 28.6 Å². The summed E-state index contributed by atoms with van der Waals surface area (Å²) in [5.74, 6) is -0.189. The van der Waals surface area contributed by atoms with Gasteiger partial charge in [0.2, 0.25) is 5.91 Å². The Morgan fingerprint density at radius 3 is 2.71 bits per heavy atom. The molecule has 0 fully saturated rings. The molecule has 1 aromatic rings. The van der Waals surface area contributed by atoms with Gasteiger partial charge in [-0.25, -0.2) is 4.79 Å². The van der Waals surface area contributed by atoms with E-state index < -0.39 is 24.5 Å². The molecular formula is C20H26N2O6. The number of carbonyl (C=O) groups is 3. The Balaban J connectivity index is 1.78. The average molecular weight is 390 g/mol. The van der Waals surface area contributed by atoms with Gasteiger partial charge in [-0.2, -0.15) is 0 Å². The number of nitrogens with one attached hydrogen (secondary N) is 2. The highest BCUT2D eigenvalue weighted by Crippen LogP contribution is 2.30. The molecule has 1 atom stereocenters. The van der Waals surface area contributed by atoms with Gasteiger partial charge in [0.15, 0.2) is 18.1 Å². The number of fused-ring (bicyclic) bond motifs is 1. The third-order valence-corrected chi connectivity index (χ3v) is 3.85. The largest absolute Gasteiger partial charge is 0.490 e. The van der Waals surface area contributed by atoms with Gasteiger partial charge >= 0.3 is 5.97 Å². The molecule has 1 aliphatic heterocycles. The maximum atomic E-state index is 11.8. The molecule has 1 aliphatic rings. The van der Waals surface area contributed by atoms with Gasteiger partial charge in [0.1, 0.15) is 6.04 Å². The Kier molecular flexibility index (Phi) is 8.33. The van der Waals surface area contributed by atoms with Crippen molar-refractivity contribution in [2.45, 2.75) is 32.7 Å². The molecule has 28 heavy (non-hydrogen) atoms. The summed E-state index contributed by atoms with van der Waals surface area (Å²) in [6.07, 6.45) is 4.41. The van der Waals surface area contributed by atoms with Crippen LogP contribution in [0, 0.1) is 0 Å². The third-order valence-electron chi connectivity index (χ3n) is 3.85. The van der Waals surface area contributed by atoms with Crippen molar-refractivity contribution in [3.63, 3.8) is 0 Å². The van der Waals surface area contributed by atoms with E-state index in [1.165, 1.54) is 6.08 Å². The molecule has 8 nitrogen and oxygen atoms in total. The van der Waals surface area contributed by atoms with Crippen LogP contribution in [0.25, 0.3) is 6.08 Å². The van der Waals surface area contributed by atoms with Gasteiger partial charge in [-0.3, -0.25) is 9.59 Å². The number of amides is 2. The molecule has 2 N–H and O–H groups in total. The number of benzene rings is 1. The molecule has 0 unspecified atom stereocenters. The lowest BCUT2D eigenvalue weighted by Crippen LogP contribution is -2.46. The van der Waals surface area contributed by atoms with E-state index in [0.717, 1.165) is 18.4 Å². The van der Waals surface area contributed by atoms with Crippen molar-refractivity contribution in [3.8, 4) is 11.5 Å². The zero-order valence-electron chi connectivity index (χ0n) is 16.2. The lowest BCUT2D eigenvalue weighted by molar-refractivity contribution is -0.144. The number of rotatable bonds is 8. The van der Waals surface area contributed by atoms with Crippen molar-refractivity contribution in [1.29, 1.82) is 0 Å². The Labute approximate surface area is 164 Å². The van der Waals surface area contributed by atoms with E-state index in [1.807, 2.05) is 6.92 Å². The molecule has 2 amide bonds. The number of ether oxygens (including phenoxy) is 3. The van der Waals surface area contributed by atoms with E-state index in [-0.39, 0.29) is 5.91 Å². The van der Waals surface area contributed by atoms with Crippen LogP contribution in [-0.2, 0) is 19.1 Å². The van der Waals surface area contributed by atoms with Gasteiger partial charge < -0.3 is 24.8 Å². The van der Waals surface area contributed by atoms with Crippen LogP contribution in [0.4, 0.5) is 0 Å². The minimum atomic E-state index is -0.699. The van der Waals surface area contributed by atoms with Crippen LogP contribution in [0.5, 0.6) is 11.5 Å². The van der Waals surface area contributed by atoms with Gasteiger partial charge in [0, 0.05) is 19.0 Å². The molecule has 0 spiro atoms. The smallest absolute Gasteiger partial charge is 0.331 e. The molecule has 0 aromatic heterocycles. The normalized spacial score (nSPS) is 14.1. The summed E-state index contributed by atoms with van der Waals surface area (Å²) in [5, 5.41) is 5.15. The first-order valence-corrected chi connectivity index (χ1v) is 9.31. The Hall–Kier alpha value is -3.03. The van der Waals surface area contributed by atoms with E-state index in [2.05, 4.69) is 10.6 Å². The topological polar surface area (TPSA) is 103 Å². The van der Waals surface area contributed by atoms with E-state index in [0.29, 0.717) is 31.3 Å². The highest BCUT2D eigenvalue weighted by molar-refractivity contribution is 5.91. The quantitative estimate of drug-likeness (QED) is 0.514. The van der Waals surface area contributed by atoms with Crippen molar-refractivity contribution >= 4 is 23.9 Å².